The van der Waals surface area contributed by atoms with Crippen LogP contribution >= 0.6 is 39.1 Å². The molecule has 116 valence electrons. The van der Waals surface area contributed by atoms with E-state index in [-0.39, 0.29) is 10.6 Å². The van der Waals surface area contributed by atoms with Crippen molar-refractivity contribution in [1.29, 1.82) is 0 Å². The Morgan fingerprint density at radius 1 is 1.14 bits per heavy atom. The number of rotatable bonds is 5. The zero-order valence-electron chi connectivity index (χ0n) is 11.0. The predicted octanol–water partition coefficient (Wildman–Crippen LogP) is 4.06. The van der Waals surface area contributed by atoms with Gasteiger partial charge in [-0.15, -0.1) is 0 Å². The highest BCUT2D eigenvalue weighted by Gasteiger charge is 2.26. The summed E-state index contributed by atoms with van der Waals surface area (Å²) in [5.74, 6) is 0. The van der Waals surface area contributed by atoms with E-state index in [1.54, 1.807) is 30.3 Å². The smallest absolute Gasteiger partial charge is 0.264 e. The van der Waals surface area contributed by atoms with Crippen molar-refractivity contribution in [1.82, 2.24) is 0 Å². The Balaban J connectivity index is 2.53. The summed E-state index contributed by atoms with van der Waals surface area (Å²) in [6.45, 7) is -0.486. The first-order valence-electron chi connectivity index (χ1n) is 6.03. The first-order valence-corrected chi connectivity index (χ1v) is 9.02. The van der Waals surface area contributed by atoms with Gasteiger partial charge >= 0.3 is 0 Å². The standard InChI is InChI=1S/C14H10BrCl2NO3S/c15-10-4-6-13(7-5-10)22(20,21)18(9-14(17)19)12-3-1-2-11(16)8-12/h1-8H,9H2. The largest absolute Gasteiger partial charge is 0.279 e. The number of halogens is 3. The molecular formula is C14H10BrCl2NO3S. The van der Waals surface area contributed by atoms with Gasteiger partial charge in [-0.05, 0) is 54.1 Å². The monoisotopic (exact) mass is 421 g/mol. The Kier molecular flexibility index (Phi) is 5.50. The van der Waals surface area contributed by atoms with Crippen LogP contribution in [0.1, 0.15) is 0 Å². The van der Waals surface area contributed by atoms with Crippen LogP contribution in [0, 0.1) is 0 Å². The molecule has 0 N–H and O–H groups in total. The fourth-order valence-electron chi connectivity index (χ4n) is 1.79. The number of anilines is 1. The molecule has 2 aromatic carbocycles. The van der Waals surface area contributed by atoms with Crippen molar-refractivity contribution >= 4 is 60.1 Å². The molecule has 0 aliphatic carbocycles. The molecule has 2 rings (SSSR count). The minimum Gasteiger partial charge on any atom is -0.279 e. The van der Waals surface area contributed by atoms with Crippen molar-refractivity contribution in [2.24, 2.45) is 0 Å². The quantitative estimate of drug-likeness (QED) is 0.682. The van der Waals surface area contributed by atoms with Gasteiger partial charge in [-0.25, -0.2) is 8.42 Å². The Labute approximate surface area is 146 Å². The van der Waals surface area contributed by atoms with Crippen molar-refractivity contribution in [2.45, 2.75) is 4.90 Å². The Hall–Kier alpha value is -1.08. The van der Waals surface area contributed by atoms with Gasteiger partial charge in [-0.1, -0.05) is 33.6 Å². The van der Waals surface area contributed by atoms with Crippen molar-refractivity contribution in [3.8, 4) is 0 Å². The second-order valence-electron chi connectivity index (χ2n) is 4.30. The summed E-state index contributed by atoms with van der Waals surface area (Å²) < 4.78 is 27.2. The van der Waals surface area contributed by atoms with Gasteiger partial charge in [0.2, 0.25) is 5.24 Å². The molecule has 0 aliphatic rings. The van der Waals surface area contributed by atoms with Gasteiger partial charge in [0.15, 0.2) is 0 Å². The van der Waals surface area contributed by atoms with E-state index >= 15 is 0 Å². The number of carbonyl (C=O) groups is 1. The minimum atomic E-state index is -3.93. The van der Waals surface area contributed by atoms with Crippen LogP contribution in [0.15, 0.2) is 57.9 Å². The average molecular weight is 423 g/mol. The molecule has 0 radical (unpaired) electrons. The van der Waals surface area contributed by atoms with Crippen LogP contribution in [0.2, 0.25) is 5.02 Å². The maximum atomic E-state index is 12.7. The fourth-order valence-corrected chi connectivity index (χ4v) is 3.85. The van der Waals surface area contributed by atoms with E-state index in [4.69, 9.17) is 23.2 Å². The average Bonchev–Trinajstić information content (AvgIpc) is 2.45. The molecule has 0 unspecified atom stereocenters. The van der Waals surface area contributed by atoms with E-state index in [0.717, 1.165) is 8.78 Å². The third-order valence-electron chi connectivity index (χ3n) is 2.77. The van der Waals surface area contributed by atoms with Crippen molar-refractivity contribution < 1.29 is 13.2 Å². The summed E-state index contributed by atoms with van der Waals surface area (Å²) in [6.07, 6.45) is 0. The van der Waals surface area contributed by atoms with Gasteiger partial charge in [0, 0.05) is 9.50 Å². The van der Waals surface area contributed by atoms with Crippen molar-refractivity contribution in [2.75, 3.05) is 10.8 Å². The number of sulfonamides is 1. The molecule has 4 nitrogen and oxygen atoms in total. The van der Waals surface area contributed by atoms with E-state index in [2.05, 4.69) is 15.9 Å². The highest BCUT2D eigenvalue weighted by molar-refractivity contribution is 9.10. The molecule has 0 aromatic heterocycles. The van der Waals surface area contributed by atoms with Crippen molar-refractivity contribution in [3.63, 3.8) is 0 Å². The Morgan fingerprint density at radius 2 is 1.77 bits per heavy atom. The lowest BCUT2D eigenvalue weighted by Crippen LogP contribution is -2.34. The zero-order valence-corrected chi connectivity index (χ0v) is 15.0. The number of hydrogen-bond donors (Lipinski definition) is 0. The summed E-state index contributed by atoms with van der Waals surface area (Å²) >= 11 is 14.5. The molecule has 0 aliphatic heterocycles. The molecule has 0 fully saturated rings. The lowest BCUT2D eigenvalue weighted by molar-refractivity contribution is -0.110. The molecule has 0 amide bonds. The zero-order chi connectivity index (χ0) is 16.3. The predicted molar refractivity (Wildman–Crippen MR) is 91.0 cm³/mol. The fraction of sp³-hybridized carbons (Fsp3) is 0.0714. The third kappa shape index (κ3) is 4.01. The summed E-state index contributed by atoms with van der Waals surface area (Å²) in [5, 5.41) is -0.434. The Bertz CT molecular complexity index is 794. The van der Waals surface area contributed by atoms with E-state index in [1.807, 2.05) is 0 Å². The maximum Gasteiger partial charge on any atom is 0.264 e. The van der Waals surface area contributed by atoms with Gasteiger partial charge in [-0.3, -0.25) is 9.10 Å². The van der Waals surface area contributed by atoms with Gasteiger partial charge < -0.3 is 0 Å². The molecular weight excluding hydrogens is 413 g/mol. The van der Waals surface area contributed by atoms with Gasteiger partial charge in [0.1, 0.15) is 6.54 Å². The molecule has 8 heteroatoms. The SMILES string of the molecule is O=C(Cl)CN(c1cccc(Cl)c1)S(=O)(=O)c1ccc(Br)cc1. The van der Waals surface area contributed by atoms with Crippen LogP contribution in [0.3, 0.4) is 0 Å². The topological polar surface area (TPSA) is 54.5 Å². The van der Waals surface area contributed by atoms with Crippen LogP contribution < -0.4 is 4.31 Å². The summed E-state index contributed by atoms with van der Waals surface area (Å²) in [4.78, 5) is 11.3. The van der Waals surface area contributed by atoms with E-state index in [0.29, 0.717) is 5.02 Å². The van der Waals surface area contributed by atoms with Crippen molar-refractivity contribution in [3.05, 3.63) is 58.0 Å². The first-order chi connectivity index (χ1) is 10.3. The molecule has 0 saturated heterocycles. The summed E-state index contributed by atoms with van der Waals surface area (Å²) in [5.41, 5.74) is 0.268. The lowest BCUT2D eigenvalue weighted by Gasteiger charge is -2.23. The minimum absolute atomic E-state index is 0.0496. The Morgan fingerprint density at radius 3 is 2.32 bits per heavy atom. The first kappa shape index (κ1) is 17.3. The van der Waals surface area contributed by atoms with E-state index in [1.165, 1.54) is 18.2 Å². The third-order valence-corrected chi connectivity index (χ3v) is 5.44. The normalized spacial score (nSPS) is 11.2. The number of nitrogens with zero attached hydrogens (tertiary/aromatic N) is 1. The van der Waals surface area contributed by atoms with Gasteiger partial charge in [-0.2, -0.15) is 0 Å². The van der Waals surface area contributed by atoms with Gasteiger partial charge in [0.25, 0.3) is 10.0 Å². The highest BCUT2D eigenvalue weighted by atomic mass is 79.9. The molecule has 0 saturated carbocycles. The second kappa shape index (κ2) is 7.00. The molecule has 0 atom stereocenters. The van der Waals surface area contributed by atoms with Crippen LogP contribution in [0.25, 0.3) is 0 Å². The maximum absolute atomic E-state index is 12.7. The molecule has 0 spiro atoms. The molecule has 0 heterocycles. The summed E-state index contributed by atoms with van der Waals surface area (Å²) in [6, 6.07) is 12.3. The van der Waals surface area contributed by atoms with Crippen LogP contribution in [-0.4, -0.2) is 20.2 Å². The van der Waals surface area contributed by atoms with Crippen LogP contribution in [-0.2, 0) is 14.8 Å². The van der Waals surface area contributed by atoms with Crippen LogP contribution in [0.4, 0.5) is 5.69 Å². The van der Waals surface area contributed by atoms with E-state index in [9.17, 15) is 13.2 Å². The van der Waals surface area contributed by atoms with Gasteiger partial charge in [0.05, 0.1) is 10.6 Å². The molecule has 2 aromatic rings. The second-order valence-corrected chi connectivity index (χ2v) is 7.94. The number of carbonyl (C=O) groups excluding carboxylic acids is 1. The van der Waals surface area contributed by atoms with E-state index < -0.39 is 21.8 Å². The number of benzene rings is 2. The lowest BCUT2D eigenvalue weighted by atomic mass is 10.3. The highest BCUT2D eigenvalue weighted by Crippen LogP contribution is 2.27. The van der Waals surface area contributed by atoms with Crippen LogP contribution in [0.5, 0.6) is 0 Å². The number of hydrogen-bond acceptors (Lipinski definition) is 3. The molecule has 0 bridgehead atoms. The summed E-state index contributed by atoms with van der Waals surface area (Å²) in [7, 11) is -3.93. The molecule has 22 heavy (non-hydrogen) atoms.